The number of furan rings is 1. The molecule has 0 spiro atoms. The topological polar surface area (TPSA) is 82.9 Å². The summed E-state index contributed by atoms with van der Waals surface area (Å²) in [5, 5.41) is 4.67. The lowest BCUT2D eigenvalue weighted by Crippen LogP contribution is -2.58. The fourth-order valence-corrected chi connectivity index (χ4v) is 3.31. The first-order valence-corrected chi connectivity index (χ1v) is 8.46. The smallest absolute Gasteiger partial charge is 0.324 e. The quantitative estimate of drug-likeness (QED) is 0.857. The Morgan fingerprint density at radius 1 is 1.29 bits per heavy atom. The highest BCUT2D eigenvalue weighted by atomic mass is 32.1. The van der Waals surface area contributed by atoms with Gasteiger partial charge in [0.1, 0.15) is 0 Å². The van der Waals surface area contributed by atoms with E-state index in [1.54, 1.807) is 19.5 Å². The molecule has 0 atom stereocenters. The molecule has 0 aromatic carbocycles. The molecule has 0 unspecified atom stereocenters. The van der Waals surface area contributed by atoms with Gasteiger partial charge in [-0.15, -0.1) is 11.3 Å². The SMILES string of the molecule is CCN1CCN(C(=O)NCc2cc(-c3ccoc3)cs2)C(=O)C1=O. The molecular formula is C16H17N3O4S. The number of amides is 4. The highest BCUT2D eigenvalue weighted by Gasteiger charge is 2.35. The highest BCUT2D eigenvalue weighted by molar-refractivity contribution is 7.10. The van der Waals surface area contributed by atoms with Gasteiger partial charge in [0, 0.05) is 30.1 Å². The zero-order chi connectivity index (χ0) is 17.1. The number of hydrogen-bond donors (Lipinski definition) is 1. The minimum atomic E-state index is -0.772. The van der Waals surface area contributed by atoms with E-state index in [-0.39, 0.29) is 6.54 Å². The number of nitrogens with one attached hydrogen (secondary N) is 1. The molecule has 2 aromatic rings. The maximum atomic E-state index is 12.2. The lowest BCUT2D eigenvalue weighted by Gasteiger charge is -2.31. The van der Waals surface area contributed by atoms with Gasteiger partial charge in [0.15, 0.2) is 0 Å². The van der Waals surface area contributed by atoms with Crippen LogP contribution in [-0.2, 0) is 16.1 Å². The van der Waals surface area contributed by atoms with Crippen LogP contribution in [0.4, 0.5) is 4.79 Å². The summed E-state index contributed by atoms with van der Waals surface area (Å²) < 4.78 is 5.05. The Hall–Kier alpha value is -2.61. The van der Waals surface area contributed by atoms with E-state index < -0.39 is 17.8 Å². The Morgan fingerprint density at radius 2 is 2.12 bits per heavy atom. The number of hydrogen-bond acceptors (Lipinski definition) is 5. The van der Waals surface area contributed by atoms with Gasteiger partial charge in [-0.25, -0.2) is 4.79 Å². The Labute approximate surface area is 142 Å². The van der Waals surface area contributed by atoms with Crippen molar-refractivity contribution in [1.29, 1.82) is 0 Å². The van der Waals surface area contributed by atoms with Crippen molar-refractivity contribution in [2.24, 2.45) is 0 Å². The number of urea groups is 1. The summed E-state index contributed by atoms with van der Waals surface area (Å²) >= 11 is 1.51. The van der Waals surface area contributed by atoms with Gasteiger partial charge in [-0.3, -0.25) is 14.5 Å². The number of likely N-dealkylation sites (N-methyl/N-ethyl adjacent to an activating group) is 1. The summed E-state index contributed by atoms with van der Waals surface area (Å²) in [6.45, 7) is 3.16. The summed E-state index contributed by atoms with van der Waals surface area (Å²) in [7, 11) is 0. The first-order chi connectivity index (χ1) is 11.6. The molecule has 7 nitrogen and oxygen atoms in total. The summed E-state index contributed by atoms with van der Waals surface area (Å²) in [6.07, 6.45) is 3.26. The molecule has 1 fully saturated rings. The normalized spacial score (nSPS) is 15.0. The fourth-order valence-electron chi connectivity index (χ4n) is 2.48. The molecule has 1 N–H and O–H groups in total. The molecule has 1 aliphatic heterocycles. The minimum absolute atomic E-state index is 0.217. The third-order valence-corrected chi connectivity index (χ3v) is 4.79. The first-order valence-electron chi connectivity index (χ1n) is 7.58. The monoisotopic (exact) mass is 347 g/mol. The molecule has 3 rings (SSSR count). The number of piperazine rings is 1. The summed E-state index contributed by atoms with van der Waals surface area (Å²) in [6, 6.07) is 3.28. The first kappa shape index (κ1) is 16.3. The standard InChI is InChI=1S/C16H17N3O4S/c1-2-18-4-5-19(15(21)14(18)20)16(22)17-8-13-7-12(10-24-13)11-3-6-23-9-11/h3,6-7,9-10H,2,4-5,8H2,1H3,(H,17,22). The number of carbonyl (C=O) groups excluding carboxylic acids is 3. The van der Waals surface area contributed by atoms with Gasteiger partial charge in [0.05, 0.1) is 19.1 Å². The second kappa shape index (κ2) is 6.88. The lowest BCUT2D eigenvalue weighted by atomic mass is 10.2. The molecule has 0 bridgehead atoms. The molecule has 1 aliphatic rings. The van der Waals surface area contributed by atoms with Crippen LogP contribution in [0.1, 0.15) is 11.8 Å². The molecule has 0 radical (unpaired) electrons. The third-order valence-electron chi connectivity index (χ3n) is 3.86. The summed E-state index contributed by atoms with van der Waals surface area (Å²) in [5.41, 5.74) is 1.99. The molecule has 0 aliphatic carbocycles. The van der Waals surface area contributed by atoms with Crippen molar-refractivity contribution in [3.8, 4) is 11.1 Å². The molecule has 2 aromatic heterocycles. The van der Waals surface area contributed by atoms with Crippen molar-refractivity contribution < 1.29 is 18.8 Å². The summed E-state index contributed by atoms with van der Waals surface area (Å²) in [5.74, 6) is -1.40. The van der Waals surface area contributed by atoms with Crippen molar-refractivity contribution in [2.75, 3.05) is 19.6 Å². The van der Waals surface area contributed by atoms with Crippen molar-refractivity contribution >= 4 is 29.2 Å². The van der Waals surface area contributed by atoms with Crippen LogP contribution in [0.5, 0.6) is 0 Å². The number of thiophene rings is 1. The van der Waals surface area contributed by atoms with Crippen LogP contribution < -0.4 is 5.32 Å². The zero-order valence-corrected chi connectivity index (χ0v) is 14.0. The number of imide groups is 1. The van der Waals surface area contributed by atoms with Gasteiger partial charge in [-0.1, -0.05) is 0 Å². The maximum Gasteiger partial charge on any atom is 0.324 e. The zero-order valence-electron chi connectivity index (χ0n) is 13.2. The second-order valence-electron chi connectivity index (χ2n) is 5.31. The Bertz CT molecular complexity index is 753. The molecule has 1 saturated heterocycles. The predicted octanol–water partition coefficient (Wildman–Crippen LogP) is 1.91. The molecule has 0 saturated carbocycles. The predicted molar refractivity (Wildman–Crippen MR) is 88.2 cm³/mol. The second-order valence-corrected chi connectivity index (χ2v) is 6.31. The Kier molecular flexibility index (Phi) is 4.66. The van der Waals surface area contributed by atoms with E-state index in [2.05, 4.69) is 5.32 Å². The van der Waals surface area contributed by atoms with Crippen LogP contribution in [0.3, 0.4) is 0 Å². The number of nitrogens with zero attached hydrogens (tertiary/aromatic N) is 2. The van der Waals surface area contributed by atoms with E-state index in [1.165, 1.54) is 16.2 Å². The van der Waals surface area contributed by atoms with Gasteiger partial charge in [-0.05, 0) is 30.0 Å². The number of rotatable bonds is 4. The molecular weight excluding hydrogens is 330 g/mol. The molecule has 24 heavy (non-hydrogen) atoms. The average molecular weight is 347 g/mol. The van der Waals surface area contributed by atoms with Crippen molar-refractivity contribution in [2.45, 2.75) is 13.5 Å². The van der Waals surface area contributed by atoms with Gasteiger partial charge < -0.3 is 14.6 Å². The molecule has 8 heteroatoms. The van der Waals surface area contributed by atoms with Crippen molar-refractivity contribution in [1.82, 2.24) is 15.1 Å². The van der Waals surface area contributed by atoms with E-state index in [9.17, 15) is 14.4 Å². The van der Waals surface area contributed by atoms with E-state index in [4.69, 9.17) is 4.42 Å². The fraction of sp³-hybridized carbons (Fsp3) is 0.312. The molecule has 3 heterocycles. The minimum Gasteiger partial charge on any atom is -0.472 e. The van der Waals surface area contributed by atoms with Crippen LogP contribution >= 0.6 is 11.3 Å². The Morgan fingerprint density at radius 3 is 2.83 bits per heavy atom. The van der Waals surface area contributed by atoms with Crippen LogP contribution in [0.15, 0.2) is 34.5 Å². The molecule has 4 amide bonds. The van der Waals surface area contributed by atoms with Crippen molar-refractivity contribution in [3.63, 3.8) is 0 Å². The van der Waals surface area contributed by atoms with Crippen LogP contribution in [0, 0.1) is 0 Å². The van der Waals surface area contributed by atoms with Crippen LogP contribution in [-0.4, -0.2) is 47.3 Å². The van der Waals surface area contributed by atoms with Crippen molar-refractivity contribution in [3.05, 3.63) is 34.9 Å². The molecule has 126 valence electrons. The Balaban J connectivity index is 1.58. The van der Waals surface area contributed by atoms with E-state index in [0.29, 0.717) is 19.6 Å². The highest BCUT2D eigenvalue weighted by Crippen LogP contribution is 2.25. The van der Waals surface area contributed by atoms with Crippen LogP contribution in [0.25, 0.3) is 11.1 Å². The third kappa shape index (κ3) is 3.18. The van der Waals surface area contributed by atoms with Gasteiger partial charge in [-0.2, -0.15) is 0 Å². The largest absolute Gasteiger partial charge is 0.472 e. The number of carbonyl (C=O) groups is 3. The van der Waals surface area contributed by atoms with E-state index >= 15 is 0 Å². The van der Waals surface area contributed by atoms with Gasteiger partial charge >= 0.3 is 17.8 Å². The maximum absolute atomic E-state index is 12.2. The van der Waals surface area contributed by atoms with Gasteiger partial charge in [0.2, 0.25) is 0 Å². The van der Waals surface area contributed by atoms with Gasteiger partial charge in [0.25, 0.3) is 0 Å². The average Bonchev–Trinajstić information content (AvgIpc) is 3.26. The lowest BCUT2D eigenvalue weighted by molar-refractivity contribution is -0.153. The van der Waals surface area contributed by atoms with Crippen LogP contribution in [0.2, 0.25) is 0 Å². The van der Waals surface area contributed by atoms with E-state index in [0.717, 1.165) is 20.9 Å². The van der Waals surface area contributed by atoms with E-state index in [1.807, 2.05) is 17.5 Å². The summed E-state index contributed by atoms with van der Waals surface area (Å²) in [4.78, 5) is 39.3.